The quantitative estimate of drug-likeness (QED) is 0.666. The summed E-state index contributed by atoms with van der Waals surface area (Å²) in [6.45, 7) is 6.50. The molecule has 1 rings (SSSR count). The summed E-state index contributed by atoms with van der Waals surface area (Å²) >= 11 is 3.67. The smallest absolute Gasteiger partial charge is 0.0395 e. The Bertz CT molecular complexity index is 266. The van der Waals surface area contributed by atoms with Gasteiger partial charge < -0.3 is 0 Å². The fourth-order valence-corrected chi connectivity index (χ4v) is 1.81. The normalized spacial score (nSPS) is 13.0. The molecule has 0 amide bonds. The van der Waals surface area contributed by atoms with Crippen LogP contribution >= 0.6 is 15.9 Å². The van der Waals surface area contributed by atoms with Crippen molar-refractivity contribution in [2.24, 2.45) is 0 Å². The van der Waals surface area contributed by atoms with E-state index in [9.17, 15) is 0 Å². The Morgan fingerprint density at radius 3 is 2.58 bits per heavy atom. The first-order valence-corrected chi connectivity index (χ1v) is 5.28. The Balaban J connectivity index is 3.04. The lowest BCUT2D eigenvalue weighted by molar-refractivity contribution is 0.900. The maximum atomic E-state index is 3.67. The van der Waals surface area contributed by atoms with Gasteiger partial charge in [-0.2, -0.15) is 0 Å². The van der Waals surface area contributed by atoms with Crippen LogP contribution in [-0.2, 0) is 0 Å². The molecule has 0 heterocycles. The second-order valence-electron chi connectivity index (χ2n) is 3.24. The van der Waals surface area contributed by atoms with E-state index in [1.54, 1.807) is 0 Å². The van der Waals surface area contributed by atoms with Gasteiger partial charge in [0.15, 0.2) is 0 Å². The Morgan fingerprint density at radius 2 is 2.00 bits per heavy atom. The summed E-state index contributed by atoms with van der Waals surface area (Å²) in [5.74, 6) is 0. The van der Waals surface area contributed by atoms with Gasteiger partial charge in [-0.15, -0.1) is 0 Å². The molecule has 0 aliphatic carbocycles. The molecule has 0 N–H and O–H groups in total. The zero-order valence-corrected chi connectivity index (χ0v) is 9.48. The van der Waals surface area contributed by atoms with Crippen molar-refractivity contribution < 1.29 is 0 Å². The highest BCUT2D eigenvalue weighted by Gasteiger charge is 2.07. The van der Waals surface area contributed by atoms with E-state index in [0.29, 0.717) is 4.83 Å². The Hall–Kier alpha value is -0.300. The van der Waals surface area contributed by atoms with E-state index in [-0.39, 0.29) is 0 Å². The largest absolute Gasteiger partial charge is 0.0839 e. The molecule has 1 aromatic carbocycles. The Kier molecular flexibility index (Phi) is 3.33. The van der Waals surface area contributed by atoms with E-state index in [0.717, 1.165) is 6.42 Å². The maximum absolute atomic E-state index is 3.67. The van der Waals surface area contributed by atoms with Gasteiger partial charge in [0.2, 0.25) is 0 Å². The van der Waals surface area contributed by atoms with Gasteiger partial charge >= 0.3 is 0 Å². The minimum atomic E-state index is 0.511. The van der Waals surface area contributed by atoms with Crippen molar-refractivity contribution in [3.8, 4) is 0 Å². The van der Waals surface area contributed by atoms with Crippen molar-refractivity contribution in [2.75, 3.05) is 0 Å². The van der Waals surface area contributed by atoms with Crippen molar-refractivity contribution >= 4 is 15.9 Å². The summed E-state index contributed by atoms with van der Waals surface area (Å²) in [5, 5.41) is 0. The van der Waals surface area contributed by atoms with Crippen molar-refractivity contribution in [3.63, 3.8) is 0 Å². The molecule has 1 unspecified atom stereocenters. The summed E-state index contributed by atoms with van der Waals surface area (Å²) in [6.07, 6.45) is 1.14. The van der Waals surface area contributed by atoms with Crippen molar-refractivity contribution in [1.82, 2.24) is 0 Å². The highest BCUT2D eigenvalue weighted by molar-refractivity contribution is 9.09. The molecule has 0 saturated heterocycles. The van der Waals surface area contributed by atoms with Crippen LogP contribution in [0.15, 0.2) is 18.2 Å². The summed E-state index contributed by atoms with van der Waals surface area (Å²) in [5.41, 5.74) is 4.15. The van der Waals surface area contributed by atoms with Crippen molar-refractivity contribution in [2.45, 2.75) is 32.0 Å². The third kappa shape index (κ3) is 2.10. The van der Waals surface area contributed by atoms with Crippen molar-refractivity contribution in [1.29, 1.82) is 0 Å². The summed E-state index contributed by atoms with van der Waals surface area (Å²) < 4.78 is 0. The van der Waals surface area contributed by atoms with Gasteiger partial charge in [-0.05, 0) is 31.4 Å². The molecule has 0 aliphatic rings. The standard InChI is InChI=1S/C11H15Br/c1-4-11(12)10-7-8(2)5-6-9(10)3/h5-7,11H,4H2,1-3H3. The molecule has 0 aromatic heterocycles. The molecule has 0 saturated carbocycles. The molecule has 12 heavy (non-hydrogen) atoms. The van der Waals surface area contributed by atoms with E-state index >= 15 is 0 Å². The monoisotopic (exact) mass is 226 g/mol. The molecular weight excluding hydrogens is 212 g/mol. The van der Waals surface area contributed by atoms with Crippen LogP contribution in [0.2, 0.25) is 0 Å². The summed E-state index contributed by atoms with van der Waals surface area (Å²) in [6, 6.07) is 6.61. The fourth-order valence-electron chi connectivity index (χ4n) is 1.32. The first-order chi connectivity index (χ1) is 5.65. The topological polar surface area (TPSA) is 0 Å². The van der Waals surface area contributed by atoms with Crippen LogP contribution in [0.5, 0.6) is 0 Å². The van der Waals surface area contributed by atoms with Crippen LogP contribution in [0, 0.1) is 13.8 Å². The maximum Gasteiger partial charge on any atom is 0.0395 e. The third-order valence-corrected chi connectivity index (χ3v) is 3.27. The molecule has 0 bridgehead atoms. The second-order valence-corrected chi connectivity index (χ2v) is 4.34. The molecule has 0 spiro atoms. The number of aryl methyl sites for hydroxylation is 2. The zero-order chi connectivity index (χ0) is 9.14. The van der Waals surface area contributed by atoms with Gasteiger partial charge in [0.05, 0.1) is 0 Å². The van der Waals surface area contributed by atoms with E-state index < -0.39 is 0 Å². The van der Waals surface area contributed by atoms with Gasteiger partial charge in [0.1, 0.15) is 0 Å². The van der Waals surface area contributed by atoms with Crippen LogP contribution in [0.4, 0.5) is 0 Å². The lowest BCUT2D eigenvalue weighted by atomic mass is 10.0. The lowest BCUT2D eigenvalue weighted by Gasteiger charge is -2.11. The number of hydrogen-bond acceptors (Lipinski definition) is 0. The van der Waals surface area contributed by atoms with Crippen LogP contribution < -0.4 is 0 Å². The molecule has 0 nitrogen and oxygen atoms in total. The molecule has 1 atom stereocenters. The first kappa shape index (κ1) is 9.79. The van der Waals surface area contributed by atoms with Crippen molar-refractivity contribution in [3.05, 3.63) is 34.9 Å². The number of hydrogen-bond donors (Lipinski definition) is 0. The summed E-state index contributed by atoms with van der Waals surface area (Å²) in [7, 11) is 0. The van der Waals surface area contributed by atoms with E-state index in [4.69, 9.17) is 0 Å². The average Bonchev–Trinajstić information content (AvgIpc) is 2.08. The second kappa shape index (κ2) is 4.08. The van der Waals surface area contributed by atoms with Gasteiger partial charge in [0.25, 0.3) is 0 Å². The Morgan fingerprint density at radius 1 is 1.33 bits per heavy atom. The highest BCUT2D eigenvalue weighted by Crippen LogP contribution is 2.29. The zero-order valence-electron chi connectivity index (χ0n) is 7.89. The van der Waals surface area contributed by atoms with Gasteiger partial charge in [-0.25, -0.2) is 0 Å². The number of benzene rings is 1. The van der Waals surface area contributed by atoms with Crippen LogP contribution in [0.3, 0.4) is 0 Å². The van der Waals surface area contributed by atoms with E-state index in [1.165, 1.54) is 16.7 Å². The fraction of sp³-hybridized carbons (Fsp3) is 0.455. The first-order valence-electron chi connectivity index (χ1n) is 4.36. The minimum absolute atomic E-state index is 0.511. The molecule has 1 heteroatoms. The van der Waals surface area contributed by atoms with Gasteiger partial charge in [-0.1, -0.05) is 46.6 Å². The highest BCUT2D eigenvalue weighted by atomic mass is 79.9. The van der Waals surface area contributed by atoms with E-state index in [2.05, 4.69) is 54.9 Å². The molecule has 0 aliphatic heterocycles. The van der Waals surface area contributed by atoms with Crippen LogP contribution in [0.25, 0.3) is 0 Å². The number of alkyl halides is 1. The predicted octanol–water partition coefficient (Wildman–Crippen LogP) is 4.15. The molecular formula is C11H15Br. The predicted molar refractivity (Wildman–Crippen MR) is 57.9 cm³/mol. The van der Waals surface area contributed by atoms with Crippen LogP contribution in [-0.4, -0.2) is 0 Å². The third-order valence-electron chi connectivity index (χ3n) is 2.13. The van der Waals surface area contributed by atoms with E-state index in [1.807, 2.05) is 0 Å². The SMILES string of the molecule is CCC(Br)c1cc(C)ccc1C. The average molecular weight is 227 g/mol. The van der Waals surface area contributed by atoms with Gasteiger partial charge in [-0.3, -0.25) is 0 Å². The summed E-state index contributed by atoms with van der Waals surface area (Å²) in [4.78, 5) is 0.511. The van der Waals surface area contributed by atoms with Gasteiger partial charge in [0, 0.05) is 4.83 Å². The van der Waals surface area contributed by atoms with Crippen LogP contribution in [0.1, 0.15) is 34.9 Å². The number of halogens is 1. The molecule has 66 valence electrons. The Labute approximate surface area is 83.1 Å². The minimum Gasteiger partial charge on any atom is -0.0839 e. The molecule has 1 aromatic rings. The molecule has 0 fully saturated rings. The molecule has 0 radical (unpaired) electrons. The number of rotatable bonds is 2. The lowest BCUT2D eigenvalue weighted by Crippen LogP contribution is -1.92.